The number of hydrogen-bond acceptors (Lipinski definition) is 4. The lowest BCUT2D eigenvalue weighted by atomic mass is 10.0. The fraction of sp³-hybridized carbons (Fsp3) is 1.00. The Morgan fingerprint density at radius 3 is 2.44 bits per heavy atom. The maximum absolute atomic E-state index is 9.39. The molecule has 0 aromatic carbocycles. The average molecular weight is 229 g/mol. The van der Waals surface area contributed by atoms with Crippen LogP contribution < -0.4 is 5.32 Å². The molecular formula is C12H27N3O. The normalized spacial score (nSPS) is 30.9. The van der Waals surface area contributed by atoms with Gasteiger partial charge in [-0.15, -0.1) is 0 Å². The molecule has 1 fully saturated rings. The first-order valence-corrected chi connectivity index (χ1v) is 6.10. The Morgan fingerprint density at radius 1 is 1.44 bits per heavy atom. The van der Waals surface area contributed by atoms with Crippen LogP contribution in [-0.2, 0) is 0 Å². The van der Waals surface area contributed by atoms with Crippen molar-refractivity contribution in [1.82, 2.24) is 15.1 Å². The van der Waals surface area contributed by atoms with Crippen LogP contribution >= 0.6 is 0 Å². The summed E-state index contributed by atoms with van der Waals surface area (Å²) >= 11 is 0. The minimum absolute atomic E-state index is 0.180. The zero-order valence-electron chi connectivity index (χ0n) is 11.3. The zero-order chi connectivity index (χ0) is 12.3. The van der Waals surface area contributed by atoms with Crippen LogP contribution in [0.4, 0.5) is 0 Å². The van der Waals surface area contributed by atoms with Gasteiger partial charge in [-0.3, -0.25) is 4.90 Å². The van der Waals surface area contributed by atoms with E-state index in [2.05, 4.69) is 43.1 Å². The highest BCUT2D eigenvalue weighted by Gasteiger charge is 2.34. The average Bonchev–Trinajstić information content (AvgIpc) is 2.59. The van der Waals surface area contributed by atoms with Crippen LogP contribution in [0.3, 0.4) is 0 Å². The molecule has 1 heterocycles. The fourth-order valence-electron chi connectivity index (χ4n) is 2.55. The molecule has 0 saturated carbocycles. The van der Waals surface area contributed by atoms with Gasteiger partial charge in [0.25, 0.3) is 0 Å². The Bertz CT molecular complexity index is 216. The molecule has 2 N–H and O–H groups in total. The third-order valence-electron chi connectivity index (χ3n) is 3.84. The summed E-state index contributed by atoms with van der Waals surface area (Å²) in [6.45, 7) is 7.70. The number of nitrogens with one attached hydrogen (secondary N) is 1. The van der Waals surface area contributed by atoms with Crippen molar-refractivity contribution < 1.29 is 5.11 Å². The summed E-state index contributed by atoms with van der Waals surface area (Å²) in [6, 6.07) is 0.639. The molecule has 3 unspecified atom stereocenters. The maximum Gasteiger partial charge on any atom is 0.0623 e. The predicted octanol–water partition coefficient (Wildman–Crippen LogP) is -0.161. The SMILES string of the molecule is CNC(C)(CO)CN1CC(C)C(N(C)C)C1. The minimum Gasteiger partial charge on any atom is -0.394 e. The van der Waals surface area contributed by atoms with Gasteiger partial charge in [0.15, 0.2) is 0 Å². The van der Waals surface area contributed by atoms with Crippen molar-refractivity contribution in [3.8, 4) is 0 Å². The number of hydrogen-bond donors (Lipinski definition) is 2. The Hall–Kier alpha value is -0.160. The van der Waals surface area contributed by atoms with Crippen molar-refractivity contribution in [2.24, 2.45) is 5.92 Å². The Balaban J connectivity index is 2.53. The second-order valence-corrected chi connectivity index (χ2v) is 5.67. The second kappa shape index (κ2) is 5.45. The predicted molar refractivity (Wildman–Crippen MR) is 67.6 cm³/mol. The first kappa shape index (κ1) is 13.9. The number of nitrogens with zero attached hydrogens (tertiary/aromatic N) is 2. The van der Waals surface area contributed by atoms with Crippen molar-refractivity contribution in [3.63, 3.8) is 0 Å². The Labute approximate surface area is 99.6 Å². The molecule has 0 aromatic heterocycles. The van der Waals surface area contributed by atoms with E-state index in [4.69, 9.17) is 0 Å². The zero-order valence-corrected chi connectivity index (χ0v) is 11.3. The van der Waals surface area contributed by atoms with Crippen LogP contribution in [0.5, 0.6) is 0 Å². The first-order chi connectivity index (χ1) is 7.41. The van der Waals surface area contributed by atoms with Crippen LogP contribution in [0.15, 0.2) is 0 Å². The minimum atomic E-state index is -0.180. The van der Waals surface area contributed by atoms with Crippen LogP contribution in [0.25, 0.3) is 0 Å². The summed E-state index contributed by atoms with van der Waals surface area (Å²) in [5, 5.41) is 12.6. The van der Waals surface area contributed by atoms with Gasteiger partial charge in [0, 0.05) is 25.7 Å². The van der Waals surface area contributed by atoms with Crippen LogP contribution in [0, 0.1) is 5.92 Å². The van der Waals surface area contributed by atoms with Gasteiger partial charge < -0.3 is 15.3 Å². The summed E-state index contributed by atoms with van der Waals surface area (Å²) < 4.78 is 0. The molecule has 0 radical (unpaired) electrons. The Morgan fingerprint density at radius 2 is 2.06 bits per heavy atom. The molecule has 0 amide bonds. The lowest BCUT2D eigenvalue weighted by Crippen LogP contribution is -2.52. The highest BCUT2D eigenvalue weighted by molar-refractivity contribution is 4.92. The molecule has 1 saturated heterocycles. The van der Waals surface area contributed by atoms with Crippen LogP contribution in [0.1, 0.15) is 13.8 Å². The van der Waals surface area contributed by atoms with Crippen molar-refractivity contribution in [3.05, 3.63) is 0 Å². The number of likely N-dealkylation sites (tertiary alicyclic amines) is 1. The summed E-state index contributed by atoms with van der Waals surface area (Å²) in [7, 11) is 6.21. The highest BCUT2D eigenvalue weighted by atomic mass is 16.3. The van der Waals surface area contributed by atoms with E-state index in [0.29, 0.717) is 12.0 Å². The monoisotopic (exact) mass is 229 g/mol. The summed E-state index contributed by atoms with van der Waals surface area (Å²) in [4.78, 5) is 4.75. The second-order valence-electron chi connectivity index (χ2n) is 5.67. The third-order valence-corrected chi connectivity index (χ3v) is 3.84. The molecule has 3 atom stereocenters. The molecule has 0 bridgehead atoms. The molecule has 96 valence electrons. The van der Waals surface area contributed by atoms with Gasteiger partial charge in [0.2, 0.25) is 0 Å². The van der Waals surface area contributed by atoms with Gasteiger partial charge in [-0.1, -0.05) is 6.92 Å². The molecule has 4 nitrogen and oxygen atoms in total. The lowest BCUT2D eigenvalue weighted by Gasteiger charge is -2.32. The highest BCUT2D eigenvalue weighted by Crippen LogP contribution is 2.21. The first-order valence-electron chi connectivity index (χ1n) is 6.10. The van der Waals surface area contributed by atoms with Gasteiger partial charge in [-0.25, -0.2) is 0 Å². The Kier molecular flexibility index (Phi) is 4.73. The molecular weight excluding hydrogens is 202 g/mol. The fourth-order valence-corrected chi connectivity index (χ4v) is 2.55. The van der Waals surface area contributed by atoms with E-state index >= 15 is 0 Å². The summed E-state index contributed by atoms with van der Waals surface area (Å²) in [6.07, 6.45) is 0. The number of likely N-dealkylation sites (N-methyl/N-ethyl adjacent to an activating group) is 2. The van der Waals surface area contributed by atoms with Crippen molar-refractivity contribution in [2.75, 3.05) is 47.4 Å². The molecule has 1 aliphatic heterocycles. The van der Waals surface area contributed by atoms with Gasteiger partial charge in [0.1, 0.15) is 0 Å². The van der Waals surface area contributed by atoms with E-state index in [9.17, 15) is 5.11 Å². The molecule has 1 rings (SSSR count). The maximum atomic E-state index is 9.39. The lowest BCUT2D eigenvalue weighted by molar-refractivity contribution is 0.134. The van der Waals surface area contributed by atoms with Gasteiger partial charge in [0.05, 0.1) is 12.1 Å². The summed E-state index contributed by atoms with van der Waals surface area (Å²) in [5.41, 5.74) is -0.180. The third kappa shape index (κ3) is 3.17. The van der Waals surface area contributed by atoms with E-state index in [1.165, 1.54) is 0 Å². The van der Waals surface area contributed by atoms with Crippen LogP contribution in [-0.4, -0.2) is 73.9 Å². The van der Waals surface area contributed by atoms with E-state index < -0.39 is 0 Å². The van der Waals surface area contributed by atoms with E-state index in [1.807, 2.05) is 7.05 Å². The quantitative estimate of drug-likeness (QED) is 0.687. The number of aliphatic hydroxyl groups is 1. The van der Waals surface area contributed by atoms with Gasteiger partial charge in [-0.05, 0) is 34.0 Å². The number of aliphatic hydroxyl groups excluding tert-OH is 1. The molecule has 16 heavy (non-hydrogen) atoms. The van der Waals surface area contributed by atoms with Crippen molar-refractivity contribution >= 4 is 0 Å². The molecule has 0 spiro atoms. The topological polar surface area (TPSA) is 38.7 Å². The molecule has 1 aliphatic rings. The largest absolute Gasteiger partial charge is 0.394 e. The standard InChI is InChI=1S/C12H27N3O/c1-10-6-15(7-11(10)14(4)5)8-12(2,9-16)13-3/h10-11,13,16H,6-9H2,1-5H3. The van der Waals surface area contributed by atoms with E-state index in [1.54, 1.807) is 0 Å². The molecule has 4 heteroatoms. The van der Waals surface area contributed by atoms with Crippen molar-refractivity contribution in [1.29, 1.82) is 0 Å². The van der Waals surface area contributed by atoms with Crippen LogP contribution in [0.2, 0.25) is 0 Å². The molecule has 0 aromatic rings. The van der Waals surface area contributed by atoms with Gasteiger partial charge >= 0.3 is 0 Å². The number of rotatable bonds is 5. The van der Waals surface area contributed by atoms with E-state index in [-0.39, 0.29) is 12.1 Å². The summed E-state index contributed by atoms with van der Waals surface area (Å²) in [5.74, 6) is 0.704. The van der Waals surface area contributed by atoms with E-state index in [0.717, 1.165) is 19.6 Å². The van der Waals surface area contributed by atoms with Crippen molar-refractivity contribution in [2.45, 2.75) is 25.4 Å². The van der Waals surface area contributed by atoms with Gasteiger partial charge in [-0.2, -0.15) is 0 Å². The smallest absolute Gasteiger partial charge is 0.0623 e. The molecule has 0 aliphatic carbocycles.